The Hall–Kier alpha value is -2.42. The highest BCUT2D eigenvalue weighted by Gasteiger charge is 2.29. The van der Waals surface area contributed by atoms with Crippen molar-refractivity contribution in [2.24, 2.45) is 5.92 Å². The lowest BCUT2D eigenvalue weighted by Gasteiger charge is -2.09. The molecule has 2 aromatic rings. The van der Waals surface area contributed by atoms with Gasteiger partial charge in [0.05, 0.1) is 4.90 Å². The Morgan fingerprint density at radius 2 is 1.61 bits per heavy atom. The van der Waals surface area contributed by atoms with Gasteiger partial charge in [-0.25, -0.2) is 13.1 Å². The van der Waals surface area contributed by atoms with E-state index in [-0.39, 0.29) is 35.7 Å². The predicted molar refractivity (Wildman–Crippen MR) is 107 cm³/mol. The molecule has 2 amide bonds. The van der Waals surface area contributed by atoms with Gasteiger partial charge in [-0.2, -0.15) is 0 Å². The minimum absolute atomic E-state index is 0.00479. The molecule has 1 saturated carbocycles. The highest BCUT2D eigenvalue weighted by Crippen LogP contribution is 2.30. The second-order valence-corrected chi connectivity index (χ2v) is 8.65. The predicted octanol–water partition coefficient (Wildman–Crippen LogP) is 2.40. The van der Waals surface area contributed by atoms with Crippen molar-refractivity contribution in [3.8, 4) is 0 Å². The molecule has 0 heterocycles. The van der Waals surface area contributed by atoms with Crippen molar-refractivity contribution < 1.29 is 18.0 Å². The Balaban J connectivity index is 1.44. The lowest BCUT2D eigenvalue weighted by molar-refractivity contribution is -0.117. The number of sulfonamides is 1. The number of halogens is 1. The van der Waals surface area contributed by atoms with Crippen LogP contribution in [0.15, 0.2) is 53.4 Å². The Labute approximate surface area is 168 Å². The van der Waals surface area contributed by atoms with E-state index < -0.39 is 10.0 Å². The first-order chi connectivity index (χ1) is 13.3. The second kappa shape index (κ2) is 8.72. The number of anilines is 1. The van der Waals surface area contributed by atoms with Crippen LogP contribution in [0.4, 0.5) is 5.69 Å². The van der Waals surface area contributed by atoms with Gasteiger partial charge in [0.1, 0.15) is 0 Å². The maximum atomic E-state index is 12.1. The molecule has 0 unspecified atom stereocenters. The molecule has 0 atom stereocenters. The van der Waals surface area contributed by atoms with Gasteiger partial charge in [-0.15, -0.1) is 0 Å². The summed E-state index contributed by atoms with van der Waals surface area (Å²) in [5.74, 6) is -0.212. The van der Waals surface area contributed by atoms with Crippen LogP contribution in [0.3, 0.4) is 0 Å². The molecule has 1 fully saturated rings. The van der Waals surface area contributed by atoms with Gasteiger partial charge in [-0.1, -0.05) is 11.6 Å². The molecule has 0 radical (unpaired) electrons. The topological polar surface area (TPSA) is 104 Å². The summed E-state index contributed by atoms with van der Waals surface area (Å²) in [6, 6.07) is 12.4. The van der Waals surface area contributed by atoms with E-state index in [1.807, 2.05) is 0 Å². The van der Waals surface area contributed by atoms with Crippen molar-refractivity contribution in [3.63, 3.8) is 0 Å². The van der Waals surface area contributed by atoms with Crippen molar-refractivity contribution in [2.75, 3.05) is 18.4 Å². The quantitative estimate of drug-likeness (QED) is 0.569. The van der Waals surface area contributed by atoms with Gasteiger partial charge >= 0.3 is 0 Å². The monoisotopic (exact) mass is 421 g/mol. The minimum atomic E-state index is -3.66. The minimum Gasteiger partial charge on any atom is -0.351 e. The first-order valence-electron chi connectivity index (χ1n) is 8.79. The molecule has 0 aromatic heterocycles. The number of amides is 2. The average molecular weight is 422 g/mol. The van der Waals surface area contributed by atoms with E-state index in [1.165, 1.54) is 24.3 Å². The normalized spacial score (nSPS) is 13.8. The number of benzene rings is 2. The fraction of sp³-hybridized carbons (Fsp3) is 0.263. The van der Waals surface area contributed by atoms with E-state index in [0.29, 0.717) is 16.3 Å². The van der Waals surface area contributed by atoms with Gasteiger partial charge in [0.25, 0.3) is 5.91 Å². The van der Waals surface area contributed by atoms with Gasteiger partial charge in [0.2, 0.25) is 15.9 Å². The number of hydrogen-bond acceptors (Lipinski definition) is 4. The van der Waals surface area contributed by atoms with E-state index in [1.54, 1.807) is 24.3 Å². The number of carbonyl (C=O) groups excluding carboxylic acids is 2. The zero-order valence-corrected chi connectivity index (χ0v) is 16.5. The molecule has 0 aliphatic heterocycles. The van der Waals surface area contributed by atoms with Crippen molar-refractivity contribution >= 4 is 39.1 Å². The molecule has 1 aliphatic carbocycles. The van der Waals surface area contributed by atoms with Gasteiger partial charge < -0.3 is 10.6 Å². The number of rotatable bonds is 8. The fourth-order valence-electron chi connectivity index (χ4n) is 2.46. The van der Waals surface area contributed by atoms with Crippen LogP contribution in [0.25, 0.3) is 0 Å². The molecular formula is C19H20ClN3O4S. The maximum absolute atomic E-state index is 12.1. The first-order valence-corrected chi connectivity index (χ1v) is 10.7. The van der Waals surface area contributed by atoms with Crippen LogP contribution in [0.5, 0.6) is 0 Å². The van der Waals surface area contributed by atoms with Crippen LogP contribution in [0.2, 0.25) is 5.02 Å². The zero-order chi connectivity index (χ0) is 20.1. The van der Waals surface area contributed by atoms with Crippen molar-refractivity contribution in [1.29, 1.82) is 0 Å². The molecule has 3 N–H and O–H groups in total. The SMILES string of the molecule is O=C(NCCNS(=O)(=O)c1ccc(Cl)cc1)c1ccc(NC(=O)C2CC2)cc1. The van der Waals surface area contributed by atoms with Crippen LogP contribution in [-0.4, -0.2) is 33.3 Å². The van der Waals surface area contributed by atoms with Crippen molar-refractivity contribution in [1.82, 2.24) is 10.0 Å². The molecule has 148 valence electrons. The Morgan fingerprint density at radius 1 is 0.964 bits per heavy atom. The fourth-order valence-corrected chi connectivity index (χ4v) is 3.61. The van der Waals surface area contributed by atoms with E-state index in [2.05, 4.69) is 15.4 Å². The Bertz CT molecular complexity index is 956. The van der Waals surface area contributed by atoms with E-state index in [9.17, 15) is 18.0 Å². The molecule has 7 nitrogen and oxygen atoms in total. The highest BCUT2D eigenvalue weighted by atomic mass is 35.5. The molecule has 3 rings (SSSR count). The summed E-state index contributed by atoms with van der Waals surface area (Å²) in [6.45, 7) is 0.179. The molecule has 0 saturated heterocycles. The third-order valence-corrected chi connectivity index (χ3v) is 5.92. The molecule has 9 heteroatoms. The second-order valence-electron chi connectivity index (χ2n) is 6.45. The molecule has 1 aliphatic rings. The van der Waals surface area contributed by atoms with Crippen LogP contribution in [0.1, 0.15) is 23.2 Å². The largest absolute Gasteiger partial charge is 0.351 e. The summed E-state index contributed by atoms with van der Waals surface area (Å²) in [4.78, 5) is 24.0. The van der Waals surface area contributed by atoms with E-state index >= 15 is 0 Å². The highest BCUT2D eigenvalue weighted by molar-refractivity contribution is 7.89. The lowest BCUT2D eigenvalue weighted by Crippen LogP contribution is -2.34. The van der Waals surface area contributed by atoms with Gasteiger partial charge in [-0.3, -0.25) is 9.59 Å². The zero-order valence-electron chi connectivity index (χ0n) is 14.9. The first kappa shape index (κ1) is 20.3. The maximum Gasteiger partial charge on any atom is 0.251 e. The summed E-state index contributed by atoms with van der Waals surface area (Å²) in [7, 11) is -3.66. The van der Waals surface area contributed by atoms with Crippen molar-refractivity contribution in [2.45, 2.75) is 17.7 Å². The third kappa shape index (κ3) is 5.54. The Kier molecular flexibility index (Phi) is 6.33. The average Bonchev–Trinajstić information content (AvgIpc) is 3.51. The van der Waals surface area contributed by atoms with Crippen LogP contribution in [0, 0.1) is 5.92 Å². The summed E-state index contributed by atoms with van der Waals surface area (Å²) in [5.41, 5.74) is 1.06. The summed E-state index contributed by atoms with van der Waals surface area (Å²) in [6.07, 6.45) is 1.85. The van der Waals surface area contributed by atoms with E-state index in [4.69, 9.17) is 11.6 Å². The molecule has 2 aromatic carbocycles. The lowest BCUT2D eigenvalue weighted by atomic mass is 10.2. The standard InChI is InChI=1S/C19H20ClN3O4S/c20-15-5-9-17(10-6-15)28(26,27)22-12-11-21-18(24)13-3-7-16(8-4-13)23-19(25)14-1-2-14/h3-10,14,22H,1-2,11-12H2,(H,21,24)(H,23,25). The van der Waals surface area contributed by atoms with Gasteiger partial charge in [0.15, 0.2) is 0 Å². The molecule has 0 bridgehead atoms. The summed E-state index contributed by atoms with van der Waals surface area (Å²) >= 11 is 5.75. The third-order valence-electron chi connectivity index (χ3n) is 4.19. The number of nitrogens with one attached hydrogen (secondary N) is 3. The summed E-state index contributed by atoms with van der Waals surface area (Å²) < 4.78 is 26.7. The van der Waals surface area contributed by atoms with E-state index in [0.717, 1.165) is 12.8 Å². The van der Waals surface area contributed by atoms with Crippen molar-refractivity contribution in [3.05, 3.63) is 59.1 Å². The number of carbonyl (C=O) groups is 2. The van der Waals surface area contributed by atoms with Crippen LogP contribution >= 0.6 is 11.6 Å². The number of hydrogen-bond donors (Lipinski definition) is 3. The summed E-state index contributed by atoms with van der Waals surface area (Å²) in [5, 5.41) is 5.90. The van der Waals surface area contributed by atoms with Crippen LogP contribution < -0.4 is 15.4 Å². The molecule has 28 heavy (non-hydrogen) atoms. The van der Waals surface area contributed by atoms with Crippen LogP contribution in [-0.2, 0) is 14.8 Å². The molecule has 0 spiro atoms. The Morgan fingerprint density at radius 3 is 2.21 bits per heavy atom. The molecular weight excluding hydrogens is 402 g/mol. The van der Waals surface area contributed by atoms with Gasteiger partial charge in [0, 0.05) is 35.3 Å². The van der Waals surface area contributed by atoms with Gasteiger partial charge in [-0.05, 0) is 61.4 Å². The smallest absolute Gasteiger partial charge is 0.251 e.